The average Bonchev–Trinajstić information content (AvgIpc) is 2.19. The van der Waals surface area contributed by atoms with E-state index in [1.807, 2.05) is 19.1 Å². The molecule has 0 saturated carbocycles. The number of ether oxygens (including phenoxy) is 1. The smallest absolute Gasteiger partial charge is 0.143 e. The second-order valence-electron chi connectivity index (χ2n) is 4.09. The van der Waals surface area contributed by atoms with Gasteiger partial charge in [-0.05, 0) is 32.4 Å². The summed E-state index contributed by atoms with van der Waals surface area (Å²) in [5.41, 5.74) is 7.28. The SMILES string of the molecule is COc1cc(NC(C)CC(C)O)ccc1N. The fourth-order valence-corrected chi connectivity index (χ4v) is 1.66. The summed E-state index contributed by atoms with van der Waals surface area (Å²) < 4.78 is 5.13. The standard InChI is InChI=1S/C12H20N2O2/c1-8(6-9(2)15)14-10-4-5-11(13)12(7-10)16-3/h4-5,7-9,14-15H,6,13H2,1-3H3. The lowest BCUT2D eigenvalue weighted by atomic mass is 10.1. The number of nitrogens with two attached hydrogens (primary N) is 1. The predicted molar refractivity (Wildman–Crippen MR) is 66.8 cm³/mol. The molecule has 4 heteroatoms. The summed E-state index contributed by atoms with van der Waals surface area (Å²) >= 11 is 0. The molecule has 2 atom stereocenters. The number of hydrogen-bond donors (Lipinski definition) is 3. The molecule has 0 aliphatic carbocycles. The molecule has 0 aromatic heterocycles. The Balaban J connectivity index is 2.67. The number of methoxy groups -OCH3 is 1. The average molecular weight is 224 g/mol. The molecule has 0 aliphatic rings. The summed E-state index contributed by atoms with van der Waals surface area (Å²) in [5, 5.41) is 12.5. The van der Waals surface area contributed by atoms with Crippen LogP contribution in [-0.2, 0) is 0 Å². The lowest BCUT2D eigenvalue weighted by molar-refractivity contribution is 0.179. The van der Waals surface area contributed by atoms with Crippen LogP contribution in [0.25, 0.3) is 0 Å². The fraction of sp³-hybridized carbons (Fsp3) is 0.500. The Morgan fingerprint density at radius 2 is 2.12 bits per heavy atom. The minimum absolute atomic E-state index is 0.202. The molecular weight excluding hydrogens is 204 g/mol. The molecule has 0 heterocycles. The highest BCUT2D eigenvalue weighted by Gasteiger charge is 2.07. The van der Waals surface area contributed by atoms with E-state index in [0.29, 0.717) is 17.9 Å². The first-order valence-corrected chi connectivity index (χ1v) is 5.41. The summed E-state index contributed by atoms with van der Waals surface area (Å²) in [6.45, 7) is 3.80. The molecule has 1 aromatic rings. The van der Waals surface area contributed by atoms with E-state index in [-0.39, 0.29) is 12.1 Å². The Hall–Kier alpha value is -1.42. The second kappa shape index (κ2) is 5.61. The summed E-state index contributed by atoms with van der Waals surface area (Å²) in [4.78, 5) is 0. The van der Waals surface area contributed by atoms with Crippen molar-refractivity contribution >= 4 is 11.4 Å². The van der Waals surface area contributed by atoms with Crippen molar-refractivity contribution in [3.05, 3.63) is 18.2 Å². The van der Waals surface area contributed by atoms with Gasteiger partial charge in [0, 0.05) is 17.8 Å². The van der Waals surface area contributed by atoms with E-state index in [1.165, 1.54) is 0 Å². The summed E-state index contributed by atoms with van der Waals surface area (Å²) in [7, 11) is 1.59. The molecule has 1 rings (SSSR count). The van der Waals surface area contributed by atoms with Gasteiger partial charge in [-0.1, -0.05) is 0 Å². The Morgan fingerprint density at radius 3 is 2.69 bits per heavy atom. The van der Waals surface area contributed by atoms with Crippen LogP contribution in [0.5, 0.6) is 5.75 Å². The van der Waals surface area contributed by atoms with E-state index in [1.54, 1.807) is 20.1 Å². The quantitative estimate of drug-likeness (QED) is 0.668. The van der Waals surface area contributed by atoms with Crippen LogP contribution >= 0.6 is 0 Å². The number of hydrogen-bond acceptors (Lipinski definition) is 4. The van der Waals surface area contributed by atoms with Crippen LogP contribution in [-0.4, -0.2) is 24.4 Å². The molecule has 0 spiro atoms. The number of aliphatic hydroxyl groups is 1. The Labute approximate surface area is 96.4 Å². The third-order valence-electron chi connectivity index (χ3n) is 2.34. The number of rotatable bonds is 5. The van der Waals surface area contributed by atoms with Crippen molar-refractivity contribution in [2.45, 2.75) is 32.4 Å². The maximum absolute atomic E-state index is 9.26. The molecular formula is C12H20N2O2. The largest absolute Gasteiger partial charge is 0.495 e. The Kier molecular flexibility index (Phi) is 4.43. The van der Waals surface area contributed by atoms with Crippen molar-refractivity contribution < 1.29 is 9.84 Å². The van der Waals surface area contributed by atoms with Crippen molar-refractivity contribution in [1.82, 2.24) is 0 Å². The highest BCUT2D eigenvalue weighted by atomic mass is 16.5. The van der Waals surface area contributed by atoms with Gasteiger partial charge in [0.25, 0.3) is 0 Å². The monoisotopic (exact) mass is 224 g/mol. The summed E-state index contributed by atoms with van der Waals surface area (Å²) in [6, 6.07) is 5.76. The van der Waals surface area contributed by atoms with Gasteiger partial charge in [0.05, 0.1) is 18.9 Å². The highest BCUT2D eigenvalue weighted by molar-refractivity contribution is 5.61. The maximum Gasteiger partial charge on any atom is 0.143 e. The van der Waals surface area contributed by atoms with E-state index in [0.717, 1.165) is 5.69 Å². The zero-order valence-electron chi connectivity index (χ0n) is 10.0. The zero-order chi connectivity index (χ0) is 12.1. The minimum Gasteiger partial charge on any atom is -0.495 e. The second-order valence-corrected chi connectivity index (χ2v) is 4.09. The van der Waals surface area contributed by atoms with Crippen molar-refractivity contribution in [3.63, 3.8) is 0 Å². The number of benzene rings is 1. The molecule has 2 unspecified atom stereocenters. The predicted octanol–water partition coefficient (Wildman–Crippen LogP) is 1.85. The van der Waals surface area contributed by atoms with E-state index in [2.05, 4.69) is 5.32 Å². The van der Waals surface area contributed by atoms with E-state index in [4.69, 9.17) is 10.5 Å². The van der Waals surface area contributed by atoms with E-state index in [9.17, 15) is 5.11 Å². The van der Waals surface area contributed by atoms with Crippen LogP contribution in [0.1, 0.15) is 20.3 Å². The van der Waals surface area contributed by atoms with Crippen molar-refractivity contribution in [2.24, 2.45) is 0 Å². The van der Waals surface area contributed by atoms with Crippen LogP contribution in [0.15, 0.2) is 18.2 Å². The number of anilines is 2. The van der Waals surface area contributed by atoms with Crippen LogP contribution < -0.4 is 15.8 Å². The van der Waals surface area contributed by atoms with Crippen LogP contribution in [0.3, 0.4) is 0 Å². The van der Waals surface area contributed by atoms with Crippen molar-refractivity contribution in [2.75, 3.05) is 18.2 Å². The highest BCUT2D eigenvalue weighted by Crippen LogP contribution is 2.25. The number of aliphatic hydroxyl groups excluding tert-OH is 1. The first-order valence-electron chi connectivity index (χ1n) is 5.41. The molecule has 90 valence electrons. The maximum atomic E-state index is 9.26. The third-order valence-corrected chi connectivity index (χ3v) is 2.34. The number of nitrogens with one attached hydrogen (secondary N) is 1. The first kappa shape index (κ1) is 12.6. The Bertz CT molecular complexity index is 340. The van der Waals surface area contributed by atoms with Gasteiger partial charge >= 0.3 is 0 Å². The molecule has 1 aromatic carbocycles. The normalized spacial score (nSPS) is 14.2. The molecule has 0 radical (unpaired) electrons. The molecule has 4 nitrogen and oxygen atoms in total. The van der Waals surface area contributed by atoms with E-state index < -0.39 is 0 Å². The third kappa shape index (κ3) is 3.62. The van der Waals surface area contributed by atoms with Crippen molar-refractivity contribution in [1.29, 1.82) is 0 Å². The molecule has 4 N–H and O–H groups in total. The van der Waals surface area contributed by atoms with Crippen LogP contribution in [0.4, 0.5) is 11.4 Å². The molecule has 0 saturated heterocycles. The van der Waals surface area contributed by atoms with Gasteiger partial charge in [0.1, 0.15) is 5.75 Å². The zero-order valence-corrected chi connectivity index (χ0v) is 10.0. The van der Waals surface area contributed by atoms with Gasteiger partial charge in [-0.25, -0.2) is 0 Å². The Morgan fingerprint density at radius 1 is 1.44 bits per heavy atom. The van der Waals surface area contributed by atoms with Gasteiger partial charge < -0.3 is 20.9 Å². The topological polar surface area (TPSA) is 67.5 Å². The molecule has 0 bridgehead atoms. The number of nitrogen functional groups attached to an aromatic ring is 1. The van der Waals surface area contributed by atoms with Gasteiger partial charge in [-0.15, -0.1) is 0 Å². The lowest BCUT2D eigenvalue weighted by Crippen LogP contribution is -2.20. The summed E-state index contributed by atoms with van der Waals surface area (Å²) in [5.74, 6) is 0.661. The summed E-state index contributed by atoms with van der Waals surface area (Å²) in [6.07, 6.45) is 0.394. The first-order chi connectivity index (χ1) is 7.52. The molecule has 0 fully saturated rings. The van der Waals surface area contributed by atoms with Crippen molar-refractivity contribution in [3.8, 4) is 5.75 Å². The fourth-order valence-electron chi connectivity index (χ4n) is 1.66. The van der Waals surface area contributed by atoms with Gasteiger partial charge in [-0.2, -0.15) is 0 Å². The van der Waals surface area contributed by atoms with Gasteiger partial charge in [-0.3, -0.25) is 0 Å². The lowest BCUT2D eigenvalue weighted by Gasteiger charge is -2.17. The van der Waals surface area contributed by atoms with Gasteiger partial charge in [0.15, 0.2) is 0 Å². The molecule has 0 aliphatic heterocycles. The van der Waals surface area contributed by atoms with Crippen LogP contribution in [0, 0.1) is 0 Å². The minimum atomic E-state index is -0.307. The molecule has 0 amide bonds. The van der Waals surface area contributed by atoms with E-state index >= 15 is 0 Å². The molecule has 16 heavy (non-hydrogen) atoms. The van der Waals surface area contributed by atoms with Gasteiger partial charge in [0.2, 0.25) is 0 Å². The van der Waals surface area contributed by atoms with Crippen LogP contribution in [0.2, 0.25) is 0 Å².